The number of amidine groups is 1. The van der Waals surface area contributed by atoms with Gasteiger partial charge < -0.3 is 5.32 Å². The first kappa shape index (κ1) is 19.7. The average Bonchev–Trinajstić information content (AvgIpc) is 3.16. The zero-order valence-corrected chi connectivity index (χ0v) is 16.4. The van der Waals surface area contributed by atoms with Crippen LogP contribution in [0.4, 0.5) is 5.69 Å². The van der Waals surface area contributed by atoms with E-state index < -0.39 is 0 Å². The molecule has 3 N–H and O–H groups in total. The van der Waals surface area contributed by atoms with Crippen molar-refractivity contribution in [1.29, 1.82) is 0 Å². The van der Waals surface area contributed by atoms with Crippen molar-refractivity contribution in [2.24, 2.45) is 4.99 Å². The van der Waals surface area contributed by atoms with E-state index in [1.807, 2.05) is 60.9 Å². The number of benzene rings is 2. The van der Waals surface area contributed by atoms with E-state index in [4.69, 9.17) is 4.63 Å². The summed E-state index contributed by atoms with van der Waals surface area (Å²) in [5, 5.41) is 20.9. The normalized spacial score (nSPS) is 11.3. The van der Waals surface area contributed by atoms with Gasteiger partial charge in [0.2, 0.25) is 5.91 Å². The fourth-order valence-electron chi connectivity index (χ4n) is 2.52. The summed E-state index contributed by atoms with van der Waals surface area (Å²) < 4.78 is 4.77. The van der Waals surface area contributed by atoms with Crippen LogP contribution >= 0.6 is 9.24 Å². The number of aryl methyl sites for hydroxylation is 1. The van der Waals surface area contributed by atoms with Gasteiger partial charge in [0.15, 0.2) is 11.5 Å². The number of carbonyl (C=O) groups is 1. The third-order valence-electron chi connectivity index (χ3n) is 4.04. The molecule has 2 aromatic carbocycles. The van der Waals surface area contributed by atoms with Crippen LogP contribution in [-0.2, 0) is 17.8 Å². The van der Waals surface area contributed by atoms with Crippen LogP contribution < -0.4 is 16.1 Å². The lowest BCUT2D eigenvalue weighted by Gasteiger charge is -2.06. The molecule has 1 aromatic heterocycles. The maximum atomic E-state index is 12.1. The Bertz CT molecular complexity index is 988. The summed E-state index contributed by atoms with van der Waals surface area (Å²) in [6.45, 7) is 2.05. The number of amides is 1. The number of nitrogens with one attached hydrogen (secondary N) is 2. The Labute approximate surface area is 164 Å². The van der Waals surface area contributed by atoms with Crippen molar-refractivity contribution in [3.63, 3.8) is 0 Å². The average molecular weight is 397 g/mol. The van der Waals surface area contributed by atoms with Crippen molar-refractivity contribution >= 4 is 32.0 Å². The standard InChI is InChI=1S/C19H20N5O3P/c1-12-9-14(7-8-16(12)28)21-19(22-26)18-15(23-27-24-18)11-20-17(25)10-13-5-3-2-4-6-13/h2-9,26H,10-11,28H2,1H3,(H,20,25)(H,21,22). The van der Waals surface area contributed by atoms with Crippen LogP contribution in [0.3, 0.4) is 0 Å². The minimum absolute atomic E-state index is 0.0736. The number of rotatable bonds is 6. The first-order chi connectivity index (χ1) is 13.6. The molecule has 0 saturated carbocycles. The molecule has 144 valence electrons. The van der Waals surface area contributed by atoms with Gasteiger partial charge in [-0.15, -0.1) is 9.24 Å². The molecule has 0 aliphatic rings. The number of hydrogen-bond donors (Lipinski definition) is 3. The molecule has 0 radical (unpaired) electrons. The third-order valence-corrected chi connectivity index (χ3v) is 4.69. The third kappa shape index (κ3) is 5.00. The van der Waals surface area contributed by atoms with Gasteiger partial charge in [-0.05, 0) is 40.6 Å². The number of aromatic nitrogens is 2. The zero-order chi connectivity index (χ0) is 19.9. The molecule has 0 aliphatic heterocycles. The Kier molecular flexibility index (Phi) is 6.47. The highest BCUT2D eigenvalue weighted by Crippen LogP contribution is 2.16. The highest BCUT2D eigenvalue weighted by Gasteiger charge is 2.17. The minimum atomic E-state index is -0.165. The molecule has 8 nitrogen and oxygen atoms in total. The summed E-state index contributed by atoms with van der Waals surface area (Å²) >= 11 is 0. The van der Waals surface area contributed by atoms with Crippen molar-refractivity contribution in [3.8, 4) is 0 Å². The Morgan fingerprint density at radius 1 is 1.21 bits per heavy atom. The molecule has 0 saturated heterocycles. The summed E-state index contributed by atoms with van der Waals surface area (Å²) in [5.74, 6) is -0.0910. The van der Waals surface area contributed by atoms with Crippen molar-refractivity contribution in [3.05, 3.63) is 71.0 Å². The second kappa shape index (κ2) is 9.21. The SMILES string of the molecule is Cc1cc(N=C(NO)c2nonc2CNC(=O)Cc2ccccc2)ccc1P. The topological polar surface area (TPSA) is 113 Å². The Morgan fingerprint density at radius 2 is 2.00 bits per heavy atom. The molecule has 0 bridgehead atoms. The zero-order valence-electron chi connectivity index (χ0n) is 15.2. The highest BCUT2D eigenvalue weighted by molar-refractivity contribution is 7.27. The Hall–Kier alpha value is -3.09. The quantitative estimate of drug-likeness (QED) is 0.253. The highest BCUT2D eigenvalue weighted by atomic mass is 31.0. The van der Waals surface area contributed by atoms with Crippen LogP contribution in [-0.4, -0.2) is 27.3 Å². The van der Waals surface area contributed by atoms with E-state index in [0.29, 0.717) is 11.4 Å². The second-order valence-electron chi connectivity index (χ2n) is 6.11. The van der Waals surface area contributed by atoms with Crippen molar-refractivity contribution in [2.75, 3.05) is 0 Å². The molecular formula is C19H20N5O3P. The van der Waals surface area contributed by atoms with Crippen LogP contribution in [0.1, 0.15) is 22.5 Å². The van der Waals surface area contributed by atoms with E-state index in [-0.39, 0.29) is 30.4 Å². The lowest BCUT2D eigenvalue weighted by Crippen LogP contribution is -2.27. The molecule has 1 heterocycles. The fourth-order valence-corrected chi connectivity index (χ4v) is 2.70. The second-order valence-corrected chi connectivity index (χ2v) is 6.73. The molecule has 3 rings (SSSR count). The summed E-state index contributed by atoms with van der Waals surface area (Å²) in [7, 11) is 2.64. The predicted octanol–water partition coefficient (Wildman–Crippen LogP) is 1.79. The number of hydroxylamine groups is 1. The van der Waals surface area contributed by atoms with E-state index in [1.165, 1.54) is 0 Å². The van der Waals surface area contributed by atoms with Gasteiger partial charge in [-0.25, -0.2) is 9.62 Å². The first-order valence-corrected chi connectivity index (χ1v) is 9.12. The molecule has 0 aliphatic carbocycles. The molecule has 1 amide bonds. The number of carbonyl (C=O) groups excluding carboxylic acids is 1. The molecule has 0 spiro atoms. The Morgan fingerprint density at radius 3 is 2.71 bits per heavy atom. The summed E-state index contributed by atoms with van der Waals surface area (Å²) in [5.41, 5.74) is 5.16. The number of hydrogen-bond acceptors (Lipinski definition) is 6. The Balaban J connectivity index is 1.71. The fraction of sp³-hybridized carbons (Fsp3) is 0.158. The summed E-state index contributed by atoms with van der Waals surface area (Å²) in [4.78, 5) is 16.5. The van der Waals surface area contributed by atoms with E-state index in [2.05, 4.69) is 29.9 Å². The van der Waals surface area contributed by atoms with Gasteiger partial charge in [0.1, 0.15) is 5.69 Å². The lowest BCUT2D eigenvalue weighted by atomic mass is 10.1. The lowest BCUT2D eigenvalue weighted by molar-refractivity contribution is -0.120. The largest absolute Gasteiger partial charge is 0.350 e. The van der Waals surface area contributed by atoms with Gasteiger partial charge in [-0.3, -0.25) is 15.5 Å². The van der Waals surface area contributed by atoms with Gasteiger partial charge >= 0.3 is 0 Å². The smallest absolute Gasteiger partial charge is 0.224 e. The van der Waals surface area contributed by atoms with E-state index in [0.717, 1.165) is 16.4 Å². The molecular weight excluding hydrogens is 377 g/mol. The van der Waals surface area contributed by atoms with Crippen LogP contribution in [0.2, 0.25) is 0 Å². The van der Waals surface area contributed by atoms with Crippen LogP contribution in [0.15, 0.2) is 58.2 Å². The van der Waals surface area contributed by atoms with Gasteiger partial charge in [0, 0.05) is 0 Å². The van der Waals surface area contributed by atoms with E-state index in [1.54, 1.807) is 0 Å². The summed E-state index contributed by atoms with van der Waals surface area (Å²) in [6.07, 6.45) is 0.251. The predicted molar refractivity (Wildman–Crippen MR) is 108 cm³/mol. The van der Waals surface area contributed by atoms with Crippen molar-refractivity contribution in [2.45, 2.75) is 19.9 Å². The van der Waals surface area contributed by atoms with Crippen molar-refractivity contribution < 1.29 is 14.6 Å². The van der Waals surface area contributed by atoms with Crippen molar-refractivity contribution in [1.82, 2.24) is 21.1 Å². The molecule has 1 unspecified atom stereocenters. The van der Waals surface area contributed by atoms with Crippen LogP contribution in [0, 0.1) is 6.92 Å². The molecule has 1 atom stereocenters. The molecule has 28 heavy (non-hydrogen) atoms. The van der Waals surface area contributed by atoms with Crippen LogP contribution in [0.5, 0.6) is 0 Å². The van der Waals surface area contributed by atoms with E-state index >= 15 is 0 Å². The van der Waals surface area contributed by atoms with Gasteiger partial charge in [0.25, 0.3) is 0 Å². The monoisotopic (exact) mass is 397 g/mol. The van der Waals surface area contributed by atoms with Gasteiger partial charge in [-0.2, -0.15) is 0 Å². The number of nitrogens with zero attached hydrogens (tertiary/aromatic N) is 3. The minimum Gasteiger partial charge on any atom is -0.350 e. The number of aliphatic imine (C=N–C) groups is 1. The first-order valence-electron chi connectivity index (χ1n) is 8.54. The molecule has 3 aromatic rings. The molecule has 9 heteroatoms. The van der Waals surface area contributed by atoms with E-state index in [9.17, 15) is 10.0 Å². The molecule has 0 fully saturated rings. The summed E-state index contributed by atoms with van der Waals surface area (Å²) in [6, 6.07) is 15.0. The van der Waals surface area contributed by atoms with Gasteiger partial charge in [-0.1, -0.05) is 41.6 Å². The maximum Gasteiger partial charge on any atom is 0.224 e. The van der Waals surface area contributed by atoms with Crippen LogP contribution in [0.25, 0.3) is 0 Å². The maximum absolute atomic E-state index is 12.1. The van der Waals surface area contributed by atoms with Gasteiger partial charge in [0.05, 0.1) is 18.7 Å².